The molecule has 1 aromatic rings. The van der Waals surface area contributed by atoms with Crippen molar-refractivity contribution in [2.45, 2.75) is 13.8 Å². The fourth-order valence-corrected chi connectivity index (χ4v) is 1.47. The fraction of sp³-hybridized carbons (Fsp3) is 0.400. The summed E-state index contributed by atoms with van der Waals surface area (Å²) in [6.45, 7) is 6.22. The molecule has 0 aliphatic rings. The summed E-state index contributed by atoms with van der Waals surface area (Å²) in [6, 6.07) is 8.63. The highest BCUT2D eigenvalue weighted by Crippen LogP contribution is 2.24. The Labute approximate surface area is 79.0 Å². The van der Waals surface area contributed by atoms with Gasteiger partial charge in [0.1, 0.15) is 0 Å². The van der Waals surface area contributed by atoms with Crippen molar-refractivity contribution in [3.05, 3.63) is 29.3 Å². The van der Waals surface area contributed by atoms with Gasteiger partial charge in [0, 0.05) is 13.1 Å². The molecule has 2 heteroatoms. The fourth-order valence-electron chi connectivity index (χ4n) is 1.22. The Bertz CT molecular complexity index is 243. The maximum Gasteiger partial charge on any atom is 0.0645 e. The highest BCUT2D eigenvalue weighted by molar-refractivity contribution is 6.33. The van der Waals surface area contributed by atoms with E-state index in [4.69, 9.17) is 11.6 Å². The third-order valence-electron chi connectivity index (χ3n) is 1.90. The van der Waals surface area contributed by atoms with Gasteiger partial charge in [-0.05, 0) is 32.0 Å². The minimum atomic E-state index is 0.779. The van der Waals surface area contributed by atoms with Crippen LogP contribution in [0.25, 0.3) is 0 Å². The summed E-state index contributed by atoms with van der Waals surface area (Å²) < 4.78 is 0. The van der Waals surface area contributed by atoms with Crippen LogP contribution in [-0.2, 0) is 0 Å². The van der Waals surface area contributed by atoms with E-state index in [0.717, 1.165) is 23.8 Å². The topological polar surface area (TPSA) is 3.24 Å². The molecule has 12 heavy (non-hydrogen) atoms. The molecule has 1 nitrogen and oxygen atoms in total. The maximum atomic E-state index is 6.00. The van der Waals surface area contributed by atoms with Gasteiger partial charge in [0.2, 0.25) is 0 Å². The molecule has 0 unspecified atom stereocenters. The van der Waals surface area contributed by atoms with Crippen LogP contribution in [0.4, 0.5) is 5.69 Å². The summed E-state index contributed by atoms with van der Waals surface area (Å²) in [5, 5.41) is 0.779. The molecule has 0 bridgehead atoms. The summed E-state index contributed by atoms with van der Waals surface area (Å²) >= 11 is 6.00. The second-order valence-electron chi connectivity index (χ2n) is 2.55. The summed E-state index contributed by atoms with van der Waals surface area (Å²) in [5.74, 6) is 0. The van der Waals surface area contributed by atoms with Crippen molar-refractivity contribution in [3.8, 4) is 0 Å². The molecule has 0 spiro atoms. The molecule has 0 aromatic heterocycles. The first-order valence-corrected chi connectivity index (χ1v) is 4.58. The number of rotatable bonds is 3. The Kier molecular flexibility index (Phi) is 3.42. The van der Waals surface area contributed by atoms with Crippen molar-refractivity contribution in [1.82, 2.24) is 0 Å². The van der Waals surface area contributed by atoms with Gasteiger partial charge in [-0.2, -0.15) is 0 Å². The lowest BCUT2D eigenvalue weighted by Gasteiger charge is -2.21. The molecule has 0 atom stereocenters. The van der Waals surface area contributed by atoms with E-state index < -0.39 is 0 Å². The third-order valence-corrected chi connectivity index (χ3v) is 2.20. The lowest BCUT2D eigenvalue weighted by atomic mass is 10.3. The highest BCUT2D eigenvalue weighted by Gasteiger charge is 2.04. The highest BCUT2D eigenvalue weighted by atomic mass is 35.5. The van der Waals surface area contributed by atoms with Crippen LogP contribution in [0.15, 0.2) is 18.2 Å². The van der Waals surface area contributed by atoms with Gasteiger partial charge in [0.25, 0.3) is 0 Å². The van der Waals surface area contributed by atoms with E-state index in [-0.39, 0.29) is 0 Å². The second-order valence-corrected chi connectivity index (χ2v) is 2.96. The molecule has 0 fully saturated rings. The largest absolute Gasteiger partial charge is 0.371 e. The first-order valence-electron chi connectivity index (χ1n) is 4.20. The van der Waals surface area contributed by atoms with Crippen LogP contribution in [0.1, 0.15) is 13.8 Å². The van der Waals surface area contributed by atoms with Gasteiger partial charge in [-0.3, -0.25) is 0 Å². The van der Waals surface area contributed by atoms with Crippen LogP contribution in [0.3, 0.4) is 0 Å². The predicted molar refractivity (Wildman–Crippen MR) is 53.8 cm³/mol. The van der Waals surface area contributed by atoms with Crippen molar-refractivity contribution in [2.24, 2.45) is 0 Å². The molecule has 0 aliphatic carbocycles. The number of halogens is 1. The molecule has 1 aromatic carbocycles. The Balaban J connectivity index is 2.92. The van der Waals surface area contributed by atoms with E-state index in [9.17, 15) is 0 Å². The first kappa shape index (κ1) is 9.40. The summed E-state index contributed by atoms with van der Waals surface area (Å²) in [7, 11) is 0. The SMILES string of the molecule is CCN(CC)c1cc[c]cc1Cl. The van der Waals surface area contributed by atoms with Gasteiger partial charge in [0.15, 0.2) is 0 Å². The minimum Gasteiger partial charge on any atom is -0.371 e. The molecule has 0 aliphatic heterocycles. The smallest absolute Gasteiger partial charge is 0.0645 e. The van der Waals surface area contributed by atoms with Crippen molar-refractivity contribution in [2.75, 3.05) is 18.0 Å². The van der Waals surface area contributed by atoms with Crippen LogP contribution in [0, 0.1) is 6.07 Å². The average molecular weight is 183 g/mol. The Hall–Kier alpha value is -0.690. The molecule has 0 N–H and O–H groups in total. The van der Waals surface area contributed by atoms with Crippen molar-refractivity contribution in [3.63, 3.8) is 0 Å². The molecule has 1 radical (unpaired) electrons. The zero-order chi connectivity index (χ0) is 8.97. The van der Waals surface area contributed by atoms with Crippen molar-refractivity contribution in [1.29, 1.82) is 0 Å². The van der Waals surface area contributed by atoms with Crippen molar-refractivity contribution >= 4 is 17.3 Å². The van der Waals surface area contributed by atoms with E-state index in [1.165, 1.54) is 0 Å². The molecule has 0 amide bonds. The Morgan fingerprint density at radius 1 is 1.42 bits per heavy atom. The predicted octanol–water partition coefficient (Wildman–Crippen LogP) is 2.99. The van der Waals surface area contributed by atoms with E-state index >= 15 is 0 Å². The van der Waals surface area contributed by atoms with E-state index in [0.29, 0.717) is 0 Å². The van der Waals surface area contributed by atoms with Crippen LogP contribution >= 0.6 is 11.6 Å². The molecular formula is C10H13ClN. The molecule has 0 heterocycles. The lowest BCUT2D eigenvalue weighted by molar-refractivity contribution is 0.866. The summed E-state index contributed by atoms with van der Waals surface area (Å²) in [6.07, 6.45) is 0. The standard InChI is InChI=1S/C10H13ClN/c1-3-12(4-2)10-8-6-5-7-9(10)11/h6-8H,3-4H2,1-2H3. The molecule has 65 valence electrons. The molecule has 1 rings (SSSR count). The van der Waals surface area contributed by atoms with Gasteiger partial charge >= 0.3 is 0 Å². The van der Waals surface area contributed by atoms with E-state index in [1.807, 2.05) is 12.1 Å². The Morgan fingerprint density at radius 2 is 2.08 bits per heavy atom. The summed E-state index contributed by atoms with van der Waals surface area (Å²) in [4.78, 5) is 2.22. The number of hydrogen-bond donors (Lipinski definition) is 0. The zero-order valence-corrected chi connectivity index (χ0v) is 8.23. The molecular weight excluding hydrogens is 170 g/mol. The Morgan fingerprint density at radius 3 is 2.58 bits per heavy atom. The normalized spacial score (nSPS) is 9.92. The average Bonchev–Trinajstić information content (AvgIpc) is 2.10. The lowest BCUT2D eigenvalue weighted by Crippen LogP contribution is -2.21. The molecule has 0 saturated carbocycles. The number of hydrogen-bond acceptors (Lipinski definition) is 1. The van der Waals surface area contributed by atoms with Gasteiger partial charge in [-0.15, -0.1) is 0 Å². The van der Waals surface area contributed by atoms with Crippen LogP contribution in [0.5, 0.6) is 0 Å². The zero-order valence-electron chi connectivity index (χ0n) is 7.47. The third kappa shape index (κ3) is 1.92. The van der Waals surface area contributed by atoms with Crippen LogP contribution < -0.4 is 4.90 Å². The molecule has 0 saturated heterocycles. The first-order chi connectivity index (χ1) is 5.79. The second kappa shape index (κ2) is 4.36. The number of benzene rings is 1. The van der Waals surface area contributed by atoms with Crippen LogP contribution in [0.2, 0.25) is 5.02 Å². The quantitative estimate of drug-likeness (QED) is 0.695. The van der Waals surface area contributed by atoms with Gasteiger partial charge in [-0.1, -0.05) is 17.7 Å². The van der Waals surface area contributed by atoms with Crippen molar-refractivity contribution < 1.29 is 0 Å². The summed E-state index contributed by atoms with van der Waals surface area (Å²) in [5.41, 5.74) is 1.10. The van der Waals surface area contributed by atoms with E-state index in [1.54, 1.807) is 6.07 Å². The van der Waals surface area contributed by atoms with Crippen LogP contribution in [-0.4, -0.2) is 13.1 Å². The van der Waals surface area contributed by atoms with Gasteiger partial charge in [0.05, 0.1) is 10.7 Å². The van der Waals surface area contributed by atoms with E-state index in [2.05, 4.69) is 24.8 Å². The minimum absolute atomic E-state index is 0.779. The monoisotopic (exact) mass is 182 g/mol. The maximum absolute atomic E-state index is 6.00. The number of nitrogens with zero attached hydrogens (tertiary/aromatic N) is 1. The van der Waals surface area contributed by atoms with Gasteiger partial charge in [-0.25, -0.2) is 0 Å². The van der Waals surface area contributed by atoms with Gasteiger partial charge < -0.3 is 4.90 Å². The number of anilines is 1.